The lowest BCUT2D eigenvalue weighted by Gasteiger charge is -2.34. The first kappa shape index (κ1) is 19.8. The largest absolute Gasteiger partial charge is 0.352 e. The summed E-state index contributed by atoms with van der Waals surface area (Å²) in [6.07, 6.45) is 4.84. The van der Waals surface area contributed by atoms with Crippen molar-refractivity contribution in [3.63, 3.8) is 0 Å². The van der Waals surface area contributed by atoms with E-state index in [1.54, 1.807) is 13.1 Å². The summed E-state index contributed by atoms with van der Waals surface area (Å²) in [7, 11) is 0. The van der Waals surface area contributed by atoms with Gasteiger partial charge in [-0.05, 0) is 24.0 Å². The van der Waals surface area contributed by atoms with Crippen LogP contribution >= 0.6 is 0 Å². The van der Waals surface area contributed by atoms with E-state index in [1.165, 1.54) is 6.20 Å². The van der Waals surface area contributed by atoms with E-state index in [1.807, 2.05) is 23.1 Å². The van der Waals surface area contributed by atoms with Gasteiger partial charge in [-0.1, -0.05) is 32.0 Å². The summed E-state index contributed by atoms with van der Waals surface area (Å²) in [5.74, 6) is 0.565. The fourth-order valence-electron chi connectivity index (χ4n) is 3.43. The highest BCUT2D eigenvalue weighted by Gasteiger charge is 2.20. The molecule has 1 aromatic heterocycles. The van der Waals surface area contributed by atoms with Crippen LogP contribution < -0.4 is 10.2 Å². The van der Waals surface area contributed by atoms with E-state index in [9.17, 15) is 9.59 Å². The second kappa shape index (κ2) is 8.82. The zero-order chi connectivity index (χ0) is 20.1. The van der Waals surface area contributed by atoms with Gasteiger partial charge in [-0.2, -0.15) is 0 Å². The Morgan fingerprint density at radius 3 is 2.14 bits per heavy atom. The van der Waals surface area contributed by atoms with Gasteiger partial charge in [0.25, 0.3) is 5.91 Å². The first-order valence-corrected chi connectivity index (χ1v) is 9.78. The highest BCUT2D eigenvalue weighted by atomic mass is 16.2. The summed E-state index contributed by atoms with van der Waals surface area (Å²) in [5.41, 5.74) is 3.39. The molecule has 28 heavy (non-hydrogen) atoms. The number of aryl methyl sites for hydroxylation is 2. The van der Waals surface area contributed by atoms with Crippen LogP contribution in [0, 0.1) is 0 Å². The minimum atomic E-state index is -0.254. The molecule has 1 aromatic carbocycles. The Balaban J connectivity index is 1.69. The Morgan fingerprint density at radius 2 is 1.64 bits per heavy atom. The van der Waals surface area contributed by atoms with Gasteiger partial charge in [-0.15, -0.1) is 0 Å². The van der Waals surface area contributed by atoms with E-state index in [2.05, 4.69) is 34.0 Å². The SMILES string of the molecule is CCc1cccc(CC)c1NC(=O)c1cnc(N2CCN(C(C)=O)CC2)cn1. The first-order valence-electron chi connectivity index (χ1n) is 9.78. The summed E-state index contributed by atoms with van der Waals surface area (Å²) in [5, 5.41) is 3.02. The molecule has 0 bridgehead atoms. The minimum Gasteiger partial charge on any atom is -0.352 e. The van der Waals surface area contributed by atoms with Crippen LogP contribution in [0.3, 0.4) is 0 Å². The Kier molecular flexibility index (Phi) is 6.23. The van der Waals surface area contributed by atoms with Gasteiger partial charge in [0.05, 0.1) is 12.4 Å². The number of piperazine rings is 1. The quantitative estimate of drug-likeness (QED) is 0.861. The fourth-order valence-corrected chi connectivity index (χ4v) is 3.43. The average molecular weight is 381 g/mol. The van der Waals surface area contributed by atoms with Gasteiger partial charge in [0.1, 0.15) is 11.5 Å². The van der Waals surface area contributed by atoms with Crippen molar-refractivity contribution < 1.29 is 9.59 Å². The minimum absolute atomic E-state index is 0.0940. The summed E-state index contributed by atoms with van der Waals surface area (Å²) in [4.78, 5) is 36.8. The van der Waals surface area contributed by atoms with Crippen molar-refractivity contribution in [2.75, 3.05) is 36.4 Å². The monoisotopic (exact) mass is 381 g/mol. The van der Waals surface area contributed by atoms with Crippen LogP contribution in [0.5, 0.6) is 0 Å². The zero-order valence-electron chi connectivity index (χ0n) is 16.7. The van der Waals surface area contributed by atoms with Crippen LogP contribution in [0.15, 0.2) is 30.6 Å². The molecule has 3 rings (SSSR count). The molecule has 0 saturated carbocycles. The number of nitrogens with zero attached hydrogens (tertiary/aromatic N) is 4. The second-order valence-electron chi connectivity index (χ2n) is 6.87. The molecule has 0 aliphatic carbocycles. The summed E-state index contributed by atoms with van der Waals surface area (Å²) in [6, 6.07) is 6.09. The van der Waals surface area contributed by atoms with Crippen molar-refractivity contribution in [1.29, 1.82) is 0 Å². The molecule has 148 valence electrons. The number of carbonyl (C=O) groups excluding carboxylic acids is 2. The molecule has 2 heterocycles. The molecule has 2 amide bonds. The third kappa shape index (κ3) is 4.30. The van der Waals surface area contributed by atoms with E-state index in [-0.39, 0.29) is 11.8 Å². The predicted molar refractivity (Wildman–Crippen MR) is 110 cm³/mol. The topological polar surface area (TPSA) is 78.4 Å². The Hall–Kier alpha value is -2.96. The molecule has 1 saturated heterocycles. The van der Waals surface area contributed by atoms with E-state index in [0.29, 0.717) is 31.9 Å². The van der Waals surface area contributed by atoms with Crippen molar-refractivity contribution in [1.82, 2.24) is 14.9 Å². The first-order chi connectivity index (χ1) is 13.5. The standard InChI is InChI=1S/C21H27N5O2/c1-4-16-7-6-8-17(5-2)20(16)24-21(28)18-13-23-19(14-22-18)26-11-9-25(10-12-26)15(3)27/h6-8,13-14H,4-5,9-12H2,1-3H3,(H,24,28). The number of aromatic nitrogens is 2. The van der Waals surface area contributed by atoms with Gasteiger partial charge in [-0.3, -0.25) is 9.59 Å². The van der Waals surface area contributed by atoms with Gasteiger partial charge < -0.3 is 15.1 Å². The van der Waals surface area contributed by atoms with Gasteiger partial charge >= 0.3 is 0 Å². The lowest BCUT2D eigenvalue weighted by atomic mass is 10.0. The van der Waals surface area contributed by atoms with Crippen molar-refractivity contribution >= 4 is 23.3 Å². The van der Waals surface area contributed by atoms with Gasteiger partial charge in [0.2, 0.25) is 5.91 Å². The molecule has 0 spiro atoms. The fraction of sp³-hybridized carbons (Fsp3) is 0.429. The van der Waals surface area contributed by atoms with E-state index in [4.69, 9.17) is 0 Å². The van der Waals surface area contributed by atoms with E-state index >= 15 is 0 Å². The highest BCUT2D eigenvalue weighted by Crippen LogP contribution is 2.23. The number of carbonyl (C=O) groups is 2. The molecular formula is C21H27N5O2. The lowest BCUT2D eigenvalue weighted by molar-refractivity contribution is -0.129. The smallest absolute Gasteiger partial charge is 0.275 e. The molecule has 1 aliphatic heterocycles. The van der Waals surface area contributed by atoms with Gasteiger partial charge in [-0.25, -0.2) is 9.97 Å². The Morgan fingerprint density at radius 1 is 1.00 bits per heavy atom. The van der Waals surface area contributed by atoms with Crippen molar-refractivity contribution in [3.05, 3.63) is 47.4 Å². The van der Waals surface area contributed by atoms with Crippen LogP contribution in [0.4, 0.5) is 11.5 Å². The highest BCUT2D eigenvalue weighted by molar-refractivity contribution is 6.03. The molecule has 1 N–H and O–H groups in total. The number of rotatable bonds is 5. The van der Waals surface area contributed by atoms with Crippen molar-refractivity contribution in [3.8, 4) is 0 Å². The third-order valence-electron chi connectivity index (χ3n) is 5.16. The van der Waals surface area contributed by atoms with Crippen LogP contribution in [0.1, 0.15) is 42.4 Å². The van der Waals surface area contributed by atoms with E-state index < -0.39 is 0 Å². The van der Waals surface area contributed by atoms with E-state index in [0.717, 1.165) is 35.5 Å². The maximum Gasteiger partial charge on any atom is 0.275 e. The molecular weight excluding hydrogens is 354 g/mol. The van der Waals surface area contributed by atoms with Crippen molar-refractivity contribution in [2.45, 2.75) is 33.6 Å². The van der Waals surface area contributed by atoms with Crippen LogP contribution in [-0.2, 0) is 17.6 Å². The predicted octanol–water partition coefficient (Wildman–Crippen LogP) is 2.52. The molecule has 2 aromatic rings. The number of amides is 2. The lowest BCUT2D eigenvalue weighted by Crippen LogP contribution is -2.48. The summed E-state index contributed by atoms with van der Waals surface area (Å²) < 4.78 is 0. The molecule has 1 fully saturated rings. The van der Waals surface area contributed by atoms with Crippen LogP contribution in [0.25, 0.3) is 0 Å². The average Bonchev–Trinajstić information content (AvgIpc) is 2.74. The van der Waals surface area contributed by atoms with Crippen LogP contribution in [-0.4, -0.2) is 52.9 Å². The van der Waals surface area contributed by atoms with Gasteiger partial charge in [0, 0.05) is 38.8 Å². The summed E-state index contributed by atoms with van der Waals surface area (Å²) in [6.45, 7) is 8.51. The normalized spacial score (nSPS) is 14.1. The zero-order valence-corrected chi connectivity index (χ0v) is 16.7. The number of para-hydroxylation sites is 1. The van der Waals surface area contributed by atoms with Crippen molar-refractivity contribution in [2.24, 2.45) is 0 Å². The Labute approximate surface area is 165 Å². The second-order valence-corrected chi connectivity index (χ2v) is 6.87. The number of hydrogen-bond acceptors (Lipinski definition) is 5. The maximum atomic E-state index is 12.7. The molecule has 1 aliphatic rings. The Bertz CT molecular complexity index is 820. The molecule has 7 nitrogen and oxygen atoms in total. The maximum absolute atomic E-state index is 12.7. The molecule has 0 atom stereocenters. The van der Waals surface area contributed by atoms with Gasteiger partial charge in [0.15, 0.2) is 0 Å². The molecule has 0 radical (unpaired) electrons. The van der Waals surface area contributed by atoms with Crippen LogP contribution in [0.2, 0.25) is 0 Å². The number of hydrogen-bond donors (Lipinski definition) is 1. The molecule has 0 unspecified atom stereocenters. The third-order valence-corrected chi connectivity index (χ3v) is 5.16. The number of nitrogens with one attached hydrogen (secondary N) is 1. The number of benzene rings is 1. The summed E-state index contributed by atoms with van der Waals surface area (Å²) >= 11 is 0. The number of anilines is 2. The molecule has 7 heteroatoms.